The van der Waals surface area contributed by atoms with Crippen molar-refractivity contribution in [3.8, 4) is 5.69 Å². The molecule has 0 spiro atoms. The van der Waals surface area contributed by atoms with Crippen LogP contribution in [0, 0.1) is 13.8 Å². The van der Waals surface area contributed by atoms with E-state index in [2.05, 4.69) is 20.6 Å². The van der Waals surface area contributed by atoms with E-state index >= 15 is 0 Å². The van der Waals surface area contributed by atoms with E-state index in [1.807, 2.05) is 75.4 Å². The van der Waals surface area contributed by atoms with E-state index in [1.54, 1.807) is 34.3 Å². The molecule has 0 saturated carbocycles. The number of amides is 1. The molecule has 0 fully saturated rings. The lowest BCUT2D eigenvalue weighted by atomic mass is 10.1. The van der Waals surface area contributed by atoms with Crippen LogP contribution >= 0.6 is 0 Å². The molecule has 10 heteroatoms. The second-order valence-corrected chi connectivity index (χ2v) is 9.68. The van der Waals surface area contributed by atoms with Crippen molar-refractivity contribution < 1.29 is 10.0 Å². The van der Waals surface area contributed by atoms with Gasteiger partial charge in [0.15, 0.2) is 0 Å². The van der Waals surface area contributed by atoms with Gasteiger partial charge < -0.3 is 10.6 Å². The van der Waals surface area contributed by atoms with Crippen LogP contribution < -0.4 is 21.7 Å². The fourth-order valence-electron chi connectivity index (χ4n) is 4.81. The summed E-state index contributed by atoms with van der Waals surface area (Å²) in [6.45, 7) is 6.22. The van der Waals surface area contributed by atoms with Crippen molar-refractivity contribution >= 4 is 28.3 Å². The molecule has 41 heavy (non-hydrogen) atoms. The first-order valence-corrected chi connectivity index (χ1v) is 13.3. The van der Waals surface area contributed by atoms with Crippen LogP contribution in [0.25, 0.3) is 16.6 Å². The number of hydrogen-bond donors (Lipinski definition) is 4. The number of hydroxylamine groups is 1. The Kier molecular flexibility index (Phi) is 8.02. The summed E-state index contributed by atoms with van der Waals surface area (Å²) in [4.78, 5) is 39.8. The van der Waals surface area contributed by atoms with E-state index < -0.39 is 5.91 Å². The van der Waals surface area contributed by atoms with Crippen LogP contribution in [0.2, 0.25) is 0 Å². The Bertz CT molecular complexity index is 1730. The van der Waals surface area contributed by atoms with Crippen molar-refractivity contribution in [1.82, 2.24) is 25.0 Å². The Balaban J connectivity index is 1.57. The van der Waals surface area contributed by atoms with Gasteiger partial charge in [0.05, 0.1) is 22.6 Å². The average Bonchev–Trinajstić information content (AvgIpc) is 2.98. The van der Waals surface area contributed by atoms with Crippen LogP contribution in [0.3, 0.4) is 0 Å². The molecule has 1 atom stereocenters. The van der Waals surface area contributed by atoms with Gasteiger partial charge in [0.1, 0.15) is 17.5 Å². The number of nitrogens with one attached hydrogen (secondary N) is 3. The molecule has 5 aromatic rings. The van der Waals surface area contributed by atoms with Crippen molar-refractivity contribution in [3.63, 3.8) is 0 Å². The third kappa shape index (κ3) is 5.92. The number of carbonyl (C=O) groups excluding carboxylic acids is 1. The Morgan fingerprint density at radius 2 is 1.71 bits per heavy atom. The Labute approximate surface area is 237 Å². The van der Waals surface area contributed by atoms with E-state index in [-0.39, 0.29) is 11.6 Å². The molecule has 0 bridgehead atoms. The molecule has 0 radical (unpaired) electrons. The number of carbonyl (C=O) groups is 1. The number of para-hydroxylation sites is 1. The molecule has 0 aliphatic rings. The number of aryl methyl sites for hydroxylation is 2. The number of rotatable bonds is 9. The summed E-state index contributed by atoms with van der Waals surface area (Å²) >= 11 is 0. The van der Waals surface area contributed by atoms with E-state index in [0.29, 0.717) is 58.3 Å². The zero-order valence-corrected chi connectivity index (χ0v) is 23.0. The molecular weight excluding hydrogens is 518 g/mol. The SMILES string of the molecule is CC[C@H](Nc1cc(C)nc(C)n1)c1nc2cccc(NCc3ccc(C(=O)NO)cc3)c2c(=O)n1-c1ccccc1. The van der Waals surface area contributed by atoms with E-state index in [1.165, 1.54) is 0 Å². The topological polar surface area (TPSA) is 134 Å². The van der Waals surface area contributed by atoms with E-state index in [4.69, 9.17) is 10.2 Å². The first kappa shape index (κ1) is 27.5. The Hall–Kier alpha value is -5.09. The summed E-state index contributed by atoms with van der Waals surface area (Å²) < 4.78 is 1.66. The molecule has 0 unspecified atom stereocenters. The first-order chi connectivity index (χ1) is 19.9. The highest BCUT2D eigenvalue weighted by atomic mass is 16.5. The number of hydrogen-bond acceptors (Lipinski definition) is 8. The lowest BCUT2D eigenvalue weighted by Gasteiger charge is -2.23. The average molecular weight is 550 g/mol. The van der Waals surface area contributed by atoms with Crippen molar-refractivity contribution in [2.75, 3.05) is 10.6 Å². The maximum Gasteiger partial charge on any atom is 0.274 e. The smallest absolute Gasteiger partial charge is 0.274 e. The van der Waals surface area contributed by atoms with Gasteiger partial charge in [0, 0.05) is 29.6 Å². The van der Waals surface area contributed by atoms with Crippen LogP contribution in [0.5, 0.6) is 0 Å². The molecule has 10 nitrogen and oxygen atoms in total. The molecule has 2 heterocycles. The predicted molar refractivity (Wildman–Crippen MR) is 159 cm³/mol. The summed E-state index contributed by atoms with van der Waals surface area (Å²) in [7, 11) is 0. The summed E-state index contributed by atoms with van der Waals surface area (Å²) in [5.74, 6) is 1.34. The minimum Gasteiger partial charge on any atom is -0.380 e. The lowest BCUT2D eigenvalue weighted by Crippen LogP contribution is -2.28. The Morgan fingerprint density at radius 3 is 2.39 bits per heavy atom. The molecule has 0 saturated heterocycles. The molecule has 208 valence electrons. The maximum atomic E-state index is 14.3. The highest BCUT2D eigenvalue weighted by molar-refractivity contribution is 5.93. The number of anilines is 2. The van der Waals surface area contributed by atoms with Crippen molar-refractivity contribution in [3.05, 3.63) is 118 Å². The summed E-state index contributed by atoms with van der Waals surface area (Å²) in [5, 5.41) is 16.2. The van der Waals surface area contributed by atoms with Crippen LogP contribution in [-0.2, 0) is 6.54 Å². The fraction of sp³-hybridized carbons (Fsp3) is 0.194. The summed E-state index contributed by atoms with van der Waals surface area (Å²) in [5.41, 5.74) is 5.47. The van der Waals surface area contributed by atoms with Gasteiger partial charge in [-0.2, -0.15) is 0 Å². The van der Waals surface area contributed by atoms with Crippen molar-refractivity contribution in [2.24, 2.45) is 0 Å². The number of fused-ring (bicyclic) bond motifs is 1. The molecule has 4 N–H and O–H groups in total. The van der Waals surface area contributed by atoms with Gasteiger partial charge in [-0.15, -0.1) is 0 Å². The standard InChI is InChI=1S/C31H31N7O3/c1-4-24(35-27-17-19(2)33-20(3)34-27)29-36-26-12-8-11-25(28(26)31(40)38(29)23-9-6-5-7-10-23)32-18-21-13-15-22(16-14-21)30(39)37-41/h5-17,24,32,41H,4,18H2,1-3H3,(H,37,39)(H,33,34,35)/t24-/m0/s1. The maximum absolute atomic E-state index is 14.3. The van der Waals surface area contributed by atoms with Gasteiger partial charge in [-0.25, -0.2) is 20.4 Å². The van der Waals surface area contributed by atoms with Crippen molar-refractivity contribution in [1.29, 1.82) is 0 Å². The molecule has 0 aliphatic carbocycles. The zero-order chi connectivity index (χ0) is 28.9. The van der Waals surface area contributed by atoms with Gasteiger partial charge in [0.25, 0.3) is 11.5 Å². The quantitative estimate of drug-likeness (QED) is 0.148. The van der Waals surface area contributed by atoms with Gasteiger partial charge in [0.2, 0.25) is 0 Å². The molecule has 2 aromatic heterocycles. The molecule has 5 rings (SSSR count). The van der Waals surface area contributed by atoms with E-state index in [9.17, 15) is 9.59 Å². The highest BCUT2D eigenvalue weighted by Gasteiger charge is 2.22. The van der Waals surface area contributed by atoms with Gasteiger partial charge >= 0.3 is 0 Å². The second kappa shape index (κ2) is 12.0. The van der Waals surface area contributed by atoms with Crippen LogP contribution in [-0.4, -0.2) is 30.6 Å². The molecule has 0 aliphatic heterocycles. The number of benzene rings is 3. The highest BCUT2D eigenvalue weighted by Crippen LogP contribution is 2.27. The lowest BCUT2D eigenvalue weighted by molar-refractivity contribution is 0.0706. The molecule has 1 amide bonds. The van der Waals surface area contributed by atoms with E-state index in [0.717, 1.165) is 11.3 Å². The van der Waals surface area contributed by atoms with Gasteiger partial charge in [-0.3, -0.25) is 19.4 Å². The largest absolute Gasteiger partial charge is 0.380 e. The monoisotopic (exact) mass is 549 g/mol. The Morgan fingerprint density at radius 1 is 0.951 bits per heavy atom. The minimum atomic E-state index is -0.577. The second-order valence-electron chi connectivity index (χ2n) is 9.68. The zero-order valence-electron chi connectivity index (χ0n) is 23.0. The summed E-state index contributed by atoms with van der Waals surface area (Å²) in [6.07, 6.45) is 0.662. The van der Waals surface area contributed by atoms with Crippen LogP contribution in [0.15, 0.2) is 83.7 Å². The van der Waals surface area contributed by atoms with Gasteiger partial charge in [-0.1, -0.05) is 43.3 Å². The minimum absolute atomic E-state index is 0.190. The number of nitrogens with zero attached hydrogens (tertiary/aromatic N) is 4. The fourth-order valence-corrected chi connectivity index (χ4v) is 4.81. The third-order valence-electron chi connectivity index (χ3n) is 6.75. The van der Waals surface area contributed by atoms with Crippen LogP contribution in [0.1, 0.15) is 52.7 Å². The molecule has 3 aromatic carbocycles. The van der Waals surface area contributed by atoms with Crippen molar-refractivity contribution in [2.45, 2.75) is 39.8 Å². The van der Waals surface area contributed by atoms with Crippen LogP contribution in [0.4, 0.5) is 11.5 Å². The predicted octanol–water partition coefficient (Wildman–Crippen LogP) is 5.09. The number of aromatic nitrogens is 4. The normalized spacial score (nSPS) is 11.7. The third-order valence-corrected chi connectivity index (χ3v) is 6.75. The summed E-state index contributed by atoms with van der Waals surface area (Å²) in [6, 6.07) is 23.5. The first-order valence-electron chi connectivity index (χ1n) is 13.3. The van der Waals surface area contributed by atoms with Gasteiger partial charge in [-0.05, 0) is 62.2 Å². The molecular formula is C31H31N7O3.